The topological polar surface area (TPSA) is 106 Å². The Hall–Kier alpha value is -2.11. The van der Waals surface area contributed by atoms with Crippen LogP contribution in [0, 0.1) is 0 Å². The molecule has 0 aliphatic rings. The van der Waals surface area contributed by atoms with Gasteiger partial charge in [-0.3, -0.25) is 0 Å². The van der Waals surface area contributed by atoms with E-state index in [1.807, 2.05) is 0 Å². The molecule has 0 unspecified atom stereocenters. The van der Waals surface area contributed by atoms with E-state index < -0.39 is 0 Å². The third-order valence-electron chi connectivity index (χ3n) is 1.80. The van der Waals surface area contributed by atoms with Crippen molar-refractivity contribution in [2.24, 2.45) is 5.73 Å². The van der Waals surface area contributed by atoms with Crippen LogP contribution in [0.4, 0.5) is 5.82 Å². The van der Waals surface area contributed by atoms with Gasteiger partial charge in [0.25, 0.3) is 0 Å². The van der Waals surface area contributed by atoms with Crippen LogP contribution in [-0.2, 0) is 6.42 Å². The Morgan fingerprint density at radius 2 is 2.29 bits per heavy atom. The second-order valence-electron chi connectivity index (χ2n) is 2.76. The van der Waals surface area contributed by atoms with Crippen molar-refractivity contribution >= 4 is 17.0 Å². The lowest BCUT2D eigenvalue weighted by Crippen LogP contribution is -2.00. The van der Waals surface area contributed by atoms with E-state index in [0.717, 1.165) is 0 Å². The normalized spacial score (nSPS) is 11.4. The van der Waals surface area contributed by atoms with E-state index in [1.54, 1.807) is 6.08 Å². The summed E-state index contributed by atoms with van der Waals surface area (Å²) in [5.74, 6) is 1.02. The molecule has 2 heterocycles. The number of hydrogen-bond donors (Lipinski definition) is 3. The van der Waals surface area contributed by atoms with Gasteiger partial charge >= 0.3 is 0 Å². The fourth-order valence-electron chi connectivity index (χ4n) is 1.17. The number of aromatic amines is 1. The summed E-state index contributed by atoms with van der Waals surface area (Å²) in [4.78, 5) is 15.2. The highest BCUT2D eigenvalue weighted by atomic mass is 15.0. The Kier molecular flexibility index (Phi) is 2.02. The summed E-state index contributed by atoms with van der Waals surface area (Å²) < 4.78 is 0. The first-order chi connectivity index (χ1) is 6.81. The average Bonchev–Trinajstić information content (AvgIpc) is 2.63. The first-order valence-electron chi connectivity index (χ1n) is 4.13. The number of aromatic nitrogens is 4. The van der Waals surface area contributed by atoms with Crippen molar-refractivity contribution < 1.29 is 0 Å². The second-order valence-corrected chi connectivity index (χ2v) is 2.76. The Balaban J connectivity index is 2.47. The number of nitrogens with two attached hydrogens (primary N) is 2. The van der Waals surface area contributed by atoms with Crippen LogP contribution < -0.4 is 11.5 Å². The monoisotopic (exact) mass is 190 g/mol. The van der Waals surface area contributed by atoms with Crippen molar-refractivity contribution in [2.75, 3.05) is 5.73 Å². The molecule has 0 amide bonds. The number of fused-ring (bicyclic) bond motifs is 1. The molecule has 0 saturated carbocycles. The highest BCUT2D eigenvalue weighted by Gasteiger charge is 2.05. The third-order valence-corrected chi connectivity index (χ3v) is 1.80. The van der Waals surface area contributed by atoms with Gasteiger partial charge in [0.15, 0.2) is 11.5 Å². The SMILES string of the molecule is NC=CCc1nc(N)c2[nH]cnc2n1. The summed E-state index contributed by atoms with van der Waals surface area (Å²) in [7, 11) is 0. The van der Waals surface area contributed by atoms with Gasteiger partial charge < -0.3 is 16.5 Å². The Morgan fingerprint density at radius 3 is 3.07 bits per heavy atom. The number of H-pyrrole nitrogens is 1. The van der Waals surface area contributed by atoms with Crippen LogP contribution >= 0.6 is 0 Å². The predicted octanol–water partition coefficient (Wildman–Crippen LogP) is -0.0500. The zero-order valence-electron chi connectivity index (χ0n) is 7.44. The van der Waals surface area contributed by atoms with Crippen molar-refractivity contribution in [3.63, 3.8) is 0 Å². The van der Waals surface area contributed by atoms with Gasteiger partial charge in [0.2, 0.25) is 0 Å². The van der Waals surface area contributed by atoms with Gasteiger partial charge in [0.1, 0.15) is 11.3 Å². The minimum Gasteiger partial charge on any atom is -0.405 e. The molecular formula is C8H10N6. The zero-order chi connectivity index (χ0) is 9.97. The summed E-state index contributed by atoms with van der Waals surface area (Å²) in [6.45, 7) is 0. The molecule has 0 fully saturated rings. The number of nitrogens with zero attached hydrogens (tertiary/aromatic N) is 3. The standard InChI is InChI=1S/C8H10N6/c9-3-1-2-5-13-7(10)6-8(14-5)12-4-11-6/h1,3-4H,2,9H2,(H3,10,11,12,13,14). The molecule has 0 aliphatic heterocycles. The fourth-order valence-corrected chi connectivity index (χ4v) is 1.17. The third kappa shape index (κ3) is 1.37. The van der Waals surface area contributed by atoms with Crippen molar-refractivity contribution in [3.8, 4) is 0 Å². The smallest absolute Gasteiger partial charge is 0.183 e. The molecule has 5 N–H and O–H groups in total. The van der Waals surface area contributed by atoms with Gasteiger partial charge in [-0.2, -0.15) is 0 Å². The maximum atomic E-state index is 5.70. The molecule has 0 bridgehead atoms. The average molecular weight is 190 g/mol. The Morgan fingerprint density at radius 1 is 1.43 bits per heavy atom. The fraction of sp³-hybridized carbons (Fsp3) is 0.125. The number of hydrogen-bond acceptors (Lipinski definition) is 5. The largest absolute Gasteiger partial charge is 0.405 e. The summed E-state index contributed by atoms with van der Waals surface area (Å²) in [5.41, 5.74) is 12.2. The summed E-state index contributed by atoms with van der Waals surface area (Å²) in [6.07, 6.45) is 5.31. The Bertz CT molecular complexity index is 472. The van der Waals surface area contributed by atoms with Crippen molar-refractivity contribution in [2.45, 2.75) is 6.42 Å². The van der Waals surface area contributed by atoms with Crippen molar-refractivity contribution in [1.29, 1.82) is 0 Å². The lowest BCUT2D eigenvalue weighted by molar-refractivity contribution is 1.01. The first-order valence-corrected chi connectivity index (χ1v) is 4.13. The molecule has 2 aromatic rings. The van der Waals surface area contributed by atoms with Crippen LogP contribution in [0.15, 0.2) is 18.6 Å². The Labute approximate surface area is 80.1 Å². The van der Waals surface area contributed by atoms with E-state index in [2.05, 4.69) is 19.9 Å². The lowest BCUT2D eigenvalue weighted by Gasteiger charge is -1.98. The van der Waals surface area contributed by atoms with Crippen LogP contribution in [0.5, 0.6) is 0 Å². The van der Waals surface area contributed by atoms with Crippen LogP contribution in [-0.4, -0.2) is 19.9 Å². The van der Waals surface area contributed by atoms with E-state index in [0.29, 0.717) is 29.2 Å². The summed E-state index contributed by atoms with van der Waals surface area (Å²) >= 11 is 0. The van der Waals surface area contributed by atoms with Gasteiger partial charge in [0, 0.05) is 6.42 Å². The van der Waals surface area contributed by atoms with Crippen molar-refractivity contribution in [3.05, 3.63) is 24.4 Å². The maximum absolute atomic E-state index is 5.70. The molecule has 0 radical (unpaired) electrons. The number of allylic oxidation sites excluding steroid dienone is 1. The van der Waals surface area contributed by atoms with E-state index in [4.69, 9.17) is 11.5 Å². The maximum Gasteiger partial charge on any atom is 0.183 e. The minimum absolute atomic E-state index is 0.410. The van der Waals surface area contributed by atoms with Crippen LogP contribution in [0.3, 0.4) is 0 Å². The second kappa shape index (κ2) is 3.33. The predicted molar refractivity (Wildman–Crippen MR) is 53.1 cm³/mol. The van der Waals surface area contributed by atoms with Gasteiger partial charge in [-0.05, 0) is 6.20 Å². The molecule has 0 aliphatic carbocycles. The number of nitrogens with one attached hydrogen (secondary N) is 1. The summed E-state index contributed by atoms with van der Waals surface area (Å²) in [6, 6.07) is 0. The van der Waals surface area contributed by atoms with Crippen LogP contribution in [0.2, 0.25) is 0 Å². The zero-order valence-corrected chi connectivity index (χ0v) is 7.44. The van der Waals surface area contributed by atoms with E-state index >= 15 is 0 Å². The molecule has 2 rings (SSSR count). The van der Waals surface area contributed by atoms with Gasteiger partial charge in [0.05, 0.1) is 6.33 Å². The molecule has 0 spiro atoms. The molecule has 6 heteroatoms. The summed E-state index contributed by atoms with van der Waals surface area (Å²) in [5, 5.41) is 0. The highest BCUT2D eigenvalue weighted by molar-refractivity contribution is 5.80. The highest BCUT2D eigenvalue weighted by Crippen LogP contribution is 2.12. The van der Waals surface area contributed by atoms with Crippen molar-refractivity contribution in [1.82, 2.24) is 19.9 Å². The van der Waals surface area contributed by atoms with E-state index in [-0.39, 0.29) is 0 Å². The molecule has 14 heavy (non-hydrogen) atoms. The van der Waals surface area contributed by atoms with Crippen LogP contribution in [0.1, 0.15) is 5.82 Å². The first kappa shape index (κ1) is 8.49. The number of rotatable bonds is 2. The molecule has 0 saturated heterocycles. The minimum atomic E-state index is 0.410. The molecule has 72 valence electrons. The number of nitrogen functional groups attached to an aromatic ring is 1. The number of anilines is 1. The van der Waals surface area contributed by atoms with Crippen LogP contribution in [0.25, 0.3) is 11.2 Å². The van der Waals surface area contributed by atoms with Gasteiger partial charge in [-0.15, -0.1) is 0 Å². The molecule has 0 atom stereocenters. The van der Waals surface area contributed by atoms with E-state index in [9.17, 15) is 0 Å². The van der Waals surface area contributed by atoms with Gasteiger partial charge in [-0.1, -0.05) is 6.08 Å². The molecular weight excluding hydrogens is 180 g/mol. The molecule has 6 nitrogen and oxygen atoms in total. The molecule has 2 aromatic heterocycles. The quantitative estimate of drug-likeness (QED) is 0.615. The lowest BCUT2D eigenvalue weighted by atomic mass is 10.3. The van der Waals surface area contributed by atoms with E-state index in [1.165, 1.54) is 12.5 Å². The number of imidazole rings is 1. The molecule has 0 aromatic carbocycles. The van der Waals surface area contributed by atoms with Gasteiger partial charge in [-0.25, -0.2) is 15.0 Å².